The molecular formula is C22H23N3O4. The fourth-order valence-electron chi connectivity index (χ4n) is 3.08. The Morgan fingerprint density at radius 3 is 2.48 bits per heavy atom. The second-order valence-corrected chi connectivity index (χ2v) is 6.72. The Balaban J connectivity index is 1.88. The van der Waals surface area contributed by atoms with Crippen LogP contribution < -0.4 is 15.4 Å². The fourth-order valence-corrected chi connectivity index (χ4v) is 3.08. The zero-order valence-electron chi connectivity index (χ0n) is 16.6. The predicted molar refractivity (Wildman–Crippen MR) is 112 cm³/mol. The molecule has 1 heterocycles. The van der Waals surface area contributed by atoms with Crippen molar-refractivity contribution in [3.63, 3.8) is 0 Å². The number of carbonyl (C=O) groups is 2. The molecule has 150 valence electrons. The Bertz CT molecular complexity index is 1060. The summed E-state index contributed by atoms with van der Waals surface area (Å²) in [6, 6.07) is 13.1. The largest absolute Gasteiger partial charge is 0.481 e. The minimum atomic E-state index is -0.952. The number of ether oxygens (including phenoxy) is 1. The van der Waals surface area contributed by atoms with Crippen LogP contribution in [0, 0.1) is 13.8 Å². The fraction of sp³-hybridized carbons (Fsp3) is 0.227. The Hall–Kier alpha value is -3.61. The molecule has 2 aromatic carbocycles. The number of benzene rings is 2. The van der Waals surface area contributed by atoms with Crippen LogP contribution in [0.1, 0.15) is 27.9 Å². The lowest BCUT2D eigenvalue weighted by Gasteiger charge is -2.15. The third-order valence-corrected chi connectivity index (χ3v) is 4.50. The van der Waals surface area contributed by atoms with E-state index in [9.17, 15) is 9.59 Å². The van der Waals surface area contributed by atoms with Crippen molar-refractivity contribution in [1.82, 2.24) is 10.3 Å². The lowest BCUT2D eigenvalue weighted by Crippen LogP contribution is -2.26. The molecule has 7 heteroatoms. The second-order valence-electron chi connectivity index (χ2n) is 6.72. The van der Waals surface area contributed by atoms with Gasteiger partial charge in [-0.25, -0.2) is 4.98 Å². The third-order valence-electron chi connectivity index (χ3n) is 4.50. The van der Waals surface area contributed by atoms with Crippen LogP contribution in [0.3, 0.4) is 0 Å². The topological polar surface area (TPSA) is 101 Å². The van der Waals surface area contributed by atoms with Crippen LogP contribution in [-0.4, -0.2) is 35.6 Å². The SMILES string of the molecule is CNc1ccc2cccc(Oc3c(C)cc(C(=O)NCCC(=O)O)cc3C)c2n1. The molecule has 0 radical (unpaired) electrons. The van der Waals surface area contributed by atoms with Crippen LogP contribution in [0.2, 0.25) is 0 Å². The molecule has 0 atom stereocenters. The summed E-state index contributed by atoms with van der Waals surface area (Å²) >= 11 is 0. The van der Waals surface area contributed by atoms with Crippen LogP contribution in [0.4, 0.5) is 5.82 Å². The number of rotatable bonds is 7. The maximum atomic E-state index is 12.3. The molecule has 0 spiro atoms. The average Bonchev–Trinajstić information content (AvgIpc) is 2.69. The van der Waals surface area contributed by atoms with E-state index in [1.165, 1.54) is 0 Å². The van der Waals surface area contributed by atoms with Gasteiger partial charge in [0.1, 0.15) is 17.1 Å². The van der Waals surface area contributed by atoms with Gasteiger partial charge in [0.15, 0.2) is 5.75 Å². The molecule has 0 aliphatic heterocycles. The highest BCUT2D eigenvalue weighted by Gasteiger charge is 2.14. The number of aliphatic carboxylic acids is 1. The van der Waals surface area contributed by atoms with E-state index < -0.39 is 5.97 Å². The number of aryl methyl sites for hydroxylation is 2. The number of nitrogens with zero attached hydrogens (tertiary/aromatic N) is 1. The number of aromatic nitrogens is 1. The molecule has 0 unspecified atom stereocenters. The zero-order valence-corrected chi connectivity index (χ0v) is 16.6. The number of carboxylic acids is 1. The molecule has 3 aromatic rings. The first kappa shape index (κ1) is 20.1. The number of carboxylic acid groups (broad SMARTS) is 1. The molecule has 0 saturated carbocycles. The number of para-hydroxylation sites is 1. The normalized spacial score (nSPS) is 10.6. The quantitative estimate of drug-likeness (QED) is 0.563. The number of pyridine rings is 1. The van der Waals surface area contributed by atoms with Crippen molar-refractivity contribution >= 4 is 28.6 Å². The molecule has 0 fully saturated rings. The van der Waals surface area contributed by atoms with Gasteiger partial charge in [0.25, 0.3) is 5.91 Å². The standard InChI is InChI=1S/C22H23N3O4/c1-13-11-16(22(28)24-10-9-19(26)27)12-14(2)21(13)29-17-6-4-5-15-7-8-18(23-3)25-20(15)17/h4-8,11-12H,9-10H2,1-3H3,(H,23,25)(H,24,28)(H,26,27). The highest BCUT2D eigenvalue weighted by molar-refractivity contribution is 5.95. The molecule has 0 aliphatic carbocycles. The molecule has 0 aliphatic rings. The Labute approximate surface area is 168 Å². The summed E-state index contributed by atoms with van der Waals surface area (Å²) in [5.41, 5.74) is 2.81. The second kappa shape index (κ2) is 8.60. The minimum Gasteiger partial charge on any atom is -0.481 e. The smallest absolute Gasteiger partial charge is 0.305 e. The number of hydrogen-bond donors (Lipinski definition) is 3. The molecule has 1 aromatic heterocycles. The lowest BCUT2D eigenvalue weighted by molar-refractivity contribution is -0.136. The van der Waals surface area contributed by atoms with Crippen molar-refractivity contribution in [2.75, 3.05) is 18.9 Å². The highest BCUT2D eigenvalue weighted by atomic mass is 16.5. The van der Waals surface area contributed by atoms with E-state index in [2.05, 4.69) is 15.6 Å². The van der Waals surface area contributed by atoms with Crippen molar-refractivity contribution in [1.29, 1.82) is 0 Å². The predicted octanol–water partition coefficient (Wildman–Crippen LogP) is 3.89. The van der Waals surface area contributed by atoms with Gasteiger partial charge in [-0.1, -0.05) is 12.1 Å². The summed E-state index contributed by atoms with van der Waals surface area (Å²) in [7, 11) is 1.81. The van der Waals surface area contributed by atoms with Gasteiger partial charge in [0.05, 0.1) is 6.42 Å². The molecule has 1 amide bonds. The first-order valence-electron chi connectivity index (χ1n) is 9.25. The van der Waals surface area contributed by atoms with E-state index in [1.54, 1.807) is 12.1 Å². The Morgan fingerprint density at radius 2 is 1.83 bits per heavy atom. The number of fused-ring (bicyclic) bond motifs is 1. The first-order chi connectivity index (χ1) is 13.9. The van der Waals surface area contributed by atoms with Gasteiger partial charge in [0.2, 0.25) is 0 Å². The van der Waals surface area contributed by atoms with Crippen molar-refractivity contribution < 1.29 is 19.4 Å². The molecule has 3 N–H and O–H groups in total. The number of hydrogen-bond acceptors (Lipinski definition) is 5. The zero-order chi connectivity index (χ0) is 21.0. The minimum absolute atomic E-state index is 0.0833. The third kappa shape index (κ3) is 4.63. The van der Waals surface area contributed by atoms with Crippen LogP contribution in [0.25, 0.3) is 10.9 Å². The Kier molecular flexibility index (Phi) is 5.97. The summed E-state index contributed by atoms with van der Waals surface area (Å²) in [6.45, 7) is 3.82. The summed E-state index contributed by atoms with van der Waals surface area (Å²) < 4.78 is 6.20. The molecule has 0 bridgehead atoms. The Morgan fingerprint density at radius 1 is 1.10 bits per heavy atom. The first-order valence-corrected chi connectivity index (χ1v) is 9.25. The molecule has 29 heavy (non-hydrogen) atoms. The van der Waals surface area contributed by atoms with E-state index in [4.69, 9.17) is 9.84 Å². The van der Waals surface area contributed by atoms with E-state index in [1.807, 2.05) is 51.2 Å². The van der Waals surface area contributed by atoms with Crippen LogP contribution in [0.5, 0.6) is 11.5 Å². The van der Waals surface area contributed by atoms with Crippen LogP contribution in [-0.2, 0) is 4.79 Å². The number of carbonyl (C=O) groups excluding carboxylic acids is 1. The van der Waals surface area contributed by atoms with E-state index >= 15 is 0 Å². The highest BCUT2D eigenvalue weighted by Crippen LogP contribution is 2.34. The monoisotopic (exact) mass is 393 g/mol. The molecule has 3 rings (SSSR count). The van der Waals surface area contributed by atoms with E-state index in [0.29, 0.717) is 17.1 Å². The van der Waals surface area contributed by atoms with Crippen LogP contribution in [0.15, 0.2) is 42.5 Å². The van der Waals surface area contributed by atoms with Crippen LogP contribution >= 0.6 is 0 Å². The van der Waals surface area contributed by atoms with Gasteiger partial charge >= 0.3 is 5.97 Å². The van der Waals surface area contributed by atoms with Crippen molar-refractivity contribution in [2.45, 2.75) is 20.3 Å². The van der Waals surface area contributed by atoms with Gasteiger partial charge < -0.3 is 20.5 Å². The van der Waals surface area contributed by atoms with Gasteiger partial charge in [-0.05, 0) is 55.3 Å². The van der Waals surface area contributed by atoms with E-state index in [0.717, 1.165) is 27.8 Å². The number of amides is 1. The maximum absolute atomic E-state index is 12.3. The van der Waals surface area contributed by atoms with Crippen molar-refractivity contribution in [3.05, 3.63) is 59.2 Å². The maximum Gasteiger partial charge on any atom is 0.305 e. The summed E-state index contributed by atoms with van der Waals surface area (Å²) in [6.07, 6.45) is -0.117. The molecular weight excluding hydrogens is 370 g/mol. The molecule has 7 nitrogen and oxygen atoms in total. The van der Waals surface area contributed by atoms with Gasteiger partial charge in [-0.2, -0.15) is 0 Å². The number of anilines is 1. The van der Waals surface area contributed by atoms with Crippen molar-refractivity contribution in [3.8, 4) is 11.5 Å². The summed E-state index contributed by atoms with van der Waals surface area (Å²) in [4.78, 5) is 27.5. The van der Waals surface area contributed by atoms with Crippen molar-refractivity contribution in [2.24, 2.45) is 0 Å². The lowest BCUT2D eigenvalue weighted by atomic mass is 10.0. The van der Waals surface area contributed by atoms with Gasteiger partial charge in [0, 0.05) is 24.5 Å². The average molecular weight is 393 g/mol. The van der Waals surface area contributed by atoms with Gasteiger partial charge in [-0.3, -0.25) is 9.59 Å². The summed E-state index contributed by atoms with van der Waals surface area (Å²) in [5, 5.41) is 15.3. The van der Waals surface area contributed by atoms with Gasteiger partial charge in [-0.15, -0.1) is 0 Å². The van der Waals surface area contributed by atoms with E-state index in [-0.39, 0.29) is 18.9 Å². The summed E-state index contributed by atoms with van der Waals surface area (Å²) in [5.74, 6) is 0.775. The molecule has 0 saturated heterocycles. The number of nitrogens with one attached hydrogen (secondary N) is 2.